The van der Waals surface area contributed by atoms with E-state index >= 15 is 0 Å². The normalized spacial score (nSPS) is 11.7. The number of hydrogen-bond donors (Lipinski definition) is 0. The Bertz CT molecular complexity index is 1120. The molecule has 1 heterocycles. The van der Waals surface area contributed by atoms with Crippen molar-refractivity contribution >= 4 is 39.7 Å². The van der Waals surface area contributed by atoms with E-state index in [-0.39, 0.29) is 6.61 Å². The van der Waals surface area contributed by atoms with Crippen molar-refractivity contribution in [3.63, 3.8) is 0 Å². The molecular formula is C22H17Cl2N3O. The van der Waals surface area contributed by atoms with E-state index in [1.165, 1.54) is 5.39 Å². The first-order chi connectivity index (χ1) is 13.7. The summed E-state index contributed by atoms with van der Waals surface area (Å²) in [6.07, 6.45) is 5.39. The molecule has 28 heavy (non-hydrogen) atoms. The van der Waals surface area contributed by atoms with Crippen LogP contribution in [0.5, 0.6) is 0 Å². The van der Waals surface area contributed by atoms with Gasteiger partial charge >= 0.3 is 0 Å². The van der Waals surface area contributed by atoms with Gasteiger partial charge < -0.3 is 9.40 Å². The minimum Gasteiger partial charge on any atom is -0.391 e. The van der Waals surface area contributed by atoms with Crippen LogP contribution in [0.1, 0.15) is 11.1 Å². The van der Waals surface area contributed by atoms with Gasteiger partial charge in [0.05, 0.1) is 12.9 Å². The monoisotopic (exact) mass is 409 g/mol. The number of halogens is 2. The summed E-state index contributed by atoms with van der Waals surface area (Å²) in [5.41, 5.74) is 2.62. The largest absolute Gasteiger partial charge is 0.391 e. The maximum absolute atomic E-state index is 6.22. The van der Waals surface area contributed by atoms with Crippen molar-refractivity contribution in [2.24, 2.45) is 5.16 Å². The summed E-state index contributed by atoms with van der Waals surface area (Å²) in [7, 11) is 0. The van der Waals surface area contributed by atoms with Gasteiger partial charge in [0.15, 0.2) is 0 Å². The third kappa shape index (κ3) is 4.35. The fraction of sp³-hybridized carbons (Fsp3) is 0.0909. The molecule has 0 radical (unpaired) electrons. The number of nitrogens with zero attached hydrogens (tertiary/aromatic N) is 3. The second kappa shape index (κ2) is 8.46. The van der Waals surface area contributed by atoms with Gasteiger partial charge in [-0.2, -0.15) is 0 Å². The van der Waals surface area contributed by atoms with E-state index in [1.807, 2.05) is 29.0 Å². The molecule has 6 heteroatoms. The molecule has 0 saturated carbocycles. The third-order valence-electron chi connectivity index (χ3n) is 4.38. The number of aromatic nitrogens is 2. The Morgan fingerprint density at radius 1 is 1.00 bits per heavy atom. The molecule has 0 spiro atoms. The molecule has 0 fully saturated rings. The molecule has 0 aliphatic heterocycles. The van der Waals surface area contributed by atoms with Gasteiger partial charge in [-0.05, 0) is 29.0 Å². The van der Waals surface area contributed by atoms with Crippen LogP contribution in [0.4, 0.5) is 0 Å². The number of fused-ring (bicyclic) bond motifs is 1. The van der Waals surface area contributed by atoms with Crippen LogP contribution in [0.25, 0.3) is 10.8 Å². The highest BCUT2D eigenvalue weighted by Gasteiger charge is 2.08. The van der Waals surface area contributed by atoms with Gasteiger partial charge in [0.2, 0.25) is 0 Å². The van der Waals surface area contributed by atoms with E-state index in [4.69, 9.17) is 28.0 Å². The number of rotatable bonds is 6. The zero-order chi connectivity index (χ0) is 19.3. The highest BCUT2D eigenvalue weighted by Crippen LogP contribution is 2.22. The van der Waals surface area contributed by atoms with Crippen LogP contribution >= 0.6 is 23.2 Å². The Kier molecular flexibility index (Phi) is 5.60. The Labute approximate surface area is 173 Å². The Balaban J connectivity index is 1.61. The number of benzene rings is 3. The van der Waals surface area contributed by atoms with Gasteiger partial charge in [0.1, 0.15) is 12.3 Å². The first kappa shape index (κ1) is 18.5. The highest BCUT2D eigenvalue weighted by atomic mass is 35.5. The van der Waals surface area contributed by atoms with Crippen molar-refractivity contribution in [3.05, 3.63) is 101 Å². The van der Waals surface area contributed by atoms with Crippen molar-refractivity contribution in [2.75, 3.05) is 0 Å². The summed E-state index contributed by atoms with van der Waals surface area (Å²) in [6, 6.07) is 19.8. The molecular weight excluding hydrogens is 393 g/mol. The van der Waals surface area contributed by atoms with E-state index in [9.17, 15) is 0 Å². The Hall–Kier alpha value is -2.82. The smallest absolute Gasteiger partial charge is 0.143 e. The highest BCUT2D eigenvalue weighted by molar-refractivity contribution is 6.35. The van der Waals surface area contributed by atoms with Crippen LogP contribution < -0.4 is 0 Å². The predicted octanol–water partition coefficient (Wildman–Crippen LogP) is 5.96. The molecule has 0 aliphatic rings. The molecule has 140 valence electrons. The van der Waals surface area contributed by atoms with E-state index in [0.717, 1.165) is 22.2 Å². The molecule has 0 atom stereocenters. The second-order valence-corrected chi connectivity index (χ2v) is 7.19. The van der Waals surface area contributed by atoms with Crippen molar-refractivity contribution in [3.8, 4) is 0 Å². The van der Waals surface area contributed by atoms with E-state index < -0.39 is 0 Å². The first-order valence-corrected chi connectivity index (χ1v) is 9.52. The molecule has 0 unspecified atom stereocenters. The molecule has 1 aromatic heterocycles. The van der Waals surface area contributed by atoms with E-state index in [0.29, 0.717) is 16.6 Å². The van der Waals surface area contributed by atoms with Crippen molar-refractivity contribution in [2.45, 2.75) is 13.2 Å². The molecule has 4 rings (SSSR count). The van der Waals surface area contributed by atoms with Crippen LogP contribution in [0.15, 0.2) is 84.5 Å². The lowest BCUT2D eigenvalue weighted by molar-refractivity contribution is 0.130. The van der Waals surface area contributed by atoms with Crippen molar-refractivity contribution < 1.29 is 4.84 Å². The molecule has 0 saturated heterocycles. The molecule has 0 N–H and O–H groups in total. The van der Waals surface area contributed by atoms with Crippen LogP contribution in [0.3, 0.4) is 0 Å². The van der Waals surface area contributed by atoms with Crippen LogP contribution in [-0.2, 0) is 18.0 Å². The fourth-order valence-corrected chi connectivity index (χ4v) is 3.38. The van der Waals surface area contributed by atoms with Crippen LogP contribution in [0, 0.1) is 0 Å². The van der Waals surface area contributed by atoms with Gasteiger partial charge in [-0.3, -0.25) is 0 Å². The molecule has 3 aromatic carbocycles. The van der Waals surface area contributed by atoms with Crippen molar-refractivity contribution in [1.29, 1.82) is 0 Å². The fourth-order valence-electron chi connectivity index (χ4n) is 2.91. The molecule has 0 bridgehead atoms. The average Bonchev–Trinajstić information content (AvgIpc) is 3.21. The van der Waals surface area contributed by atoms with Gasteiger partial charge in [-0.15, -0.1) is 0 Å². The summed E-state index contributed by atoms with van der Waals surface area (Å²) < 4.78 is 1.95. The summed E-state index contributed by atoms with van der Waals surface area (Å²) in [5, 5.41) is 7.90. The first-order valence-electron chi connectivity index (χ1n) is 8.77. The Morgan fingerprint density at radius 3 is 2.64 bits per heavy atom. The maximum Gasteiger partial charge on any atom is 0.143 e. The standard InChI is InChI=1S/C22H17Cl2N3O/c23-20-8-7-19(21(24)12-20)14-28-26-22(13-27-10-9-25-15-27)18-6-5-16-3-1-2-4-17(16)11-18/h1-12,15H,13-14H2. The minimum absolute atomic E-state index is 0.261. The van der Waals surface area contributed by atoms with Crippen molar-refractivity contribution in [1.82, 2.24) is 9.55 Å². The minimum atomic E-state index is 0.261. The van der Waals surface area contributed by atoms with E-state index in [2.05, 4.69) is 40.5 Å². The molecule has 4 aromatic rings. The van der Waals surface area contributed by atoms with Crippen LogP contribution in [-0.4, -0.2) is 15.3 Å². The summed E-state index contributed by atoms with van der Waals surface area (Å²) in [4.78, 5) is 9.75. The van der Waals surface area contributed by atoms with Gasteiger partial charge in [0, 0.05) is 33.6 Å². The number of imidazole rings is 1. The number of hydrogen-bond acceptors (Lipinski definition) is 3. The maximum atomic E-state index is 6.22. The van der Waals surface area contributed by atoms with Crippen LogP contribution in [0.2, 0.25) is 10.0 Å². The zero-order valence-corrected chi connectivity index (χ0v) is 16.4. The van der Waals surface area contributed by atoms with Gasteiger partial charge in [-0.1, -0.05) is 70.8 Å². The summed E-state index contributed by atoms with van der Waals surface area (Å²) >= 11 is 12.2. The lowest BCUT2D eigenvalue weighted by Gasteiger charge is -2.10. The Morgan fingerprint density at radius 2 is 1.86 bits per heavy atom. The SMILES string of the molecule is Clc1ccc(CON=C(Cn2ccnc2)c2ccc3ccccc3c2)c(Cl)c1. The summed E-state index contributed by atoms with van der Waals surface area (Å²) in [6.45, 7) is 0.809. The lowest BCUT2D eigenvalue weighted by Crippen LogP contribution is -2.11. The topological polar surface area (TPSA) is 39.4 Å². The van der Waals surface area contributed by atoms with Gasteiger partial charge in [-0.25, -0.2) is 4.98 Å². The third-order valence-corrected chi connectivity index (χ3v) is 4.97. The lowest BCUT2D eigenvalue weighted by atomic mass is 10.0. The molecule has 4 nitrogen and oxygen atoms in total. The quantitative estimate of drug-likeness (QED) is 0.291. The van der Waals surface area contributed by atoms with Gasteiger partial charge in [0.25, 0.3) is 0 Å². The number of oxime groups is 1. The second-order valence-electron chi connectivity index (χ2n) is 6.34. The molecule has 0 amide bonds. The van der Waals surface area contributed by atoms with E-state index in [1.54, 1.807) is 24.7 Å². The average molecular weight is 410 g/mol. The predicted molar refractivity (Wildman–Crippen MR) is 114 cm³/mol. The summed E-state index contributed by atoms with van der Waals surface area (Å²) in [5.74, 6) is 0. The zero-order valence-electron chi connectivity index (χ0n) is 14.9. The molecule has 0 aliphatic carbocycles.